The lowest BCUT2D eigenvalue weighted by molar-refractivity contribution is 0.0834. The van der Waals surface area contributed by atoms with Crippen molar-refractivity contribution in [3.63, 3.8) is 0 Å². The second kappa shape index (κ2) is 8.79. The van der Waals surface area contributed by atoms with Gasteiger partial charge in [-0.1, -0.05) is 44.2 Å². The highest BCUT2D eigenvalue weighted by Crippen LogP contribution is 2.35. The van der Waals surface area contributed by atoms with Crippen LogP contribution in [-0.2, 0) is 4.74 Å². The summed E-state index contributed by atoms with van der Waals surface area (Å²) in [6.07, 6.45) is 3.38. The van der Waals surface area contributed by atoms with Crippen molar-refractivity contribution in [1.29, 1.82) is 0 Å². The molecule has 1 aliphatic heterocycles. The average Bonchev–Trinajstić information content (AvgIpc) is 3.21. The average molecular weight is 421 g/mol. The van der Waals surface area contributed by atoms with Crippen LogP contribution in [0.4, 0.5) is 4.79 Å². The van der Waals surface area contributed by atoms with Gasteiger partial charge in [0.1, 0.15) is 0 Å². The zero-order valence-electron chi connectivity index (χ0n) is 17.9. The molecule has 0 saturated carbocycles. The Morgan fingerprint density at radius 2 is 1.94 bits per heavy atom. The summed E-state index contributed by atoms with van der Waals surface area (Å²) < 4.78 is 5.37. The number of ether oxygens (including phenoxy) is 1. The second-order valence-electron chi connectivity index (χ2n) is 8.49. The van der Waals surface area contributed by atoms with Crippen molar-refractivity contribution in [1.82, 2.24) is 14.9 Å². The Morgan fingerprint density at radius 3 is 2.58 bits per heavy atom. The molecule has 1 saturated heterocycles. The lowest BCUT2D eigenvalue weighted by Gasteiger charge is -2.31. The number of rotatable bonds is 5. The van der Waals surface area contributed by atoms with Gasteiger partial charge < -0.3 is 20.4 Å². The number of hydrogen-bond acceptors (Lipinski definition) is 4. The predicted octanol–water partition coefficient (Wildman–Crippen LogP) is 4.30. The number of amides is 2. The third-order valence-corrected chi connectivity index (χ3v) is 5.74. The van der Waals surface area contributed by atoms with Crippen molar-refractivity contribution in [3.05, 3.63) is 53.9 Å². The first-order valence-electron chi connectivity index (χ1n) is 10.7. The number of aromatic nitrogens is 2. The van der Waals surface area contributed by atoms with E-state index in [2.05, 4.69) is 9.97 Å². The summed E-state index contributed by atoms with van der Waals surface area (Å²) >= 11 is 0. The van der Waals surface area contributed by atoms with Crippen molar-refractivity contribution in [3.8, 4) is 11.3 Å². The molecular weight excluding hydrogens is 392 g/mol. The Kier molecular flexibility index (Phi) is 5.93. The van der Waals surface area contributed by atoms with Gasteiger partial charge in [-0.05, 0) is 36.3 Å². The van der Waals surface area contributed by atoms with Crippen LogP contribution in [0, 0.1) is 5.92 Å². The number of pyridine rings is 1. The van der Waals surface area contributed by atoms with Gasteiger partial charge in [0.15, 0.2) is 5.69 Å². The molecule has 3 heterocycles. The van der Waals surface area contributed by atoms with E-state index in [9.17, 15) is 9.59 Å². The van der Waals surface area contributed by atoms with E-state index in [1.54, 1.807) is 4.90 Å². The number of nitrogens with two attached hydrogens (primary N) is 1. The van der Waals surface area contributed by atoms with Gasteiger partial charge in [-0.25, -0.2) is 9.78 Å². The van der Waals surface area contributed by atoms with Crippen LogP contribution in [-0.4, -0.2) is 46.6 Å². The summed E-state index contributed by atoms with van der Waals surface area (Å²) in [6, 6.07) is 11.8. The third kappa shape index (κ3) is 4.40. The molecule has 0 spiro atoms. The van der Waals surface area contributed by atoms with E-state index in [1.807, 2.05) is 56.4 Å². The second-order valence-corrected chi connectivity index (χ2v) is 8.49. The monoisotopic (exact) mass is 420 g/mol. The Hall–Kier alpha value is -3.35. The smallest absolute Gasteiger partial charge is 0.409 e. The molecule has 0 bridgehead atoms. The molecule has 1 fully saturated rings. The van der Waals surface area contributed by atoms with E-state index < -0.39 is 5.91 Å². The summed E-state index contributed by atoms with van der Waals surface area (Å²) in [5, 5.41) is 0.962. The maximum absolute atomic E-state index is 12.3. The van der Waals surface area contributed by atoms with Gasteiger partial charge in [-0.15, -0.1) is 0 Å². The quantitative estimate of drug-likeness (QED) is 0.642. The molecule has 162 valence electrons. The first-order chi connectivity index (χ1) is 14.9. The predicted molar refractivity (Wildman–Crippen MR) is 120 cm³/mol. The number of benzene rings is 1. The molecule has 2 aromatic heterocycles. The van der Waals surface area contributed by atoms with Gasteiger partial charge in [0, 0.05) is 30.2 Å². The van der Waals surface area contributed by atoms with Gasteiger partial charge in [-0.2, -0.15) is 0 Å². The number of carbonyl (C=O) groups is 2. The standard InChI is InChI=1S/C24H28N4O3/c1-15(2)14-31-24(30)28-10-8-16(9-11-28)19-13-26-21-18(19)12-20(27-22(21)23(25)29)17-6-4-3-5-7-17/h3-7,12-13,15-16,26H,8-11,14H2,1-2H3,(H2,25,29). The van der Waals surface area contributed by atoms with Crippen LogP contribution in [0.15, 0.2) is 42.6 Å². The van der Waals surface area contributed by atoms with Gasteiger partial charge in [0.2, 0.25) is 0 Å². The molecule has 1 aromatic carbocycles. The fourth-order valence-corrected chi connectivity index (χ4v) is 4.12. The zero-order valence-corrected chi connectivity index (χ0v) is 17.9. The molecule has 3 aromatic rings. The molecule has 0 radical (unpaired) electrons. The van der Waals surface area contributed by atoms with Crippen LogP contribution in [0.3, 0.4) is 0 Å². The van der Waals surface area contributed by atoms with Crippen LogP contribution >= 0.6 is 0 Å². The number of carbonyl (C=O) groups excluding carboxylic acids is 2. The fraction of sp³-hybridized carbons (Fsp3) is 0.375. The minimum absolute atomic E-state index is 0.238. The number of likely N-dealkylation sites (tertiary alicyclic amines) is 1. The lowest BCUT2D eigenvalue weighted by atomic mass is 9.89. The molecule has 0 aliphatic carbocycles. The molecule has 0 atom stereocenters. The number of hydrogen-bond donors (Lipinski definition) is 2. The number of nitrogens with one attached hydrogen (secondary N) is 1. The molecule has 0 unspecified atom stereocenters. The molecule has 2 amide bonds. The van der Waals surface area contributed by atoms with Crippen LogP contribution in [0.2, 0.25) is 0 Å². The number of aromatic amines is 1. The van der Waals surface area contributed by atoms with Crippen molar-refractivity contribution >= 4 is 22.9 Å². The van der Waals surface area contributed by atoms with Crippen LogP contribution in [0.5, 0.6) is 0 Å². The molecule has 7 nitrogen and oxygen atoms in total. The molecule has 3 N–H and O–H groups in total. The Bertz CT molecular complexity index is 1080. The van der Waals surface area contributed by atoms with Crippen LogP contribution in [0.1, 0.15) is 48.7 Å². The zero-order chi connectivity index (χ0) is 22.0. The summed E-state index contributed by atoms with van der Waals surface area (Å²) in [4.78, 5) is 33.9. The summed E-state index contributed by atoms with van der Waals surface area (Å²) in [7, 11) is 0. The lowest BCUT2D eigenvalue weighted by Crippen LogP contribution is -2.38. The van der Waals surface area contributed by atoms with Crippen LogP contribution < -0.4 is 5.73 Å². The van der Waals surface area contributed by atoms with Crippen molar-refractivity contribution in [2.75, 3.05) is 19.7 Å². The van der Waals surface area contributed by atoms with E-state index >= 15 is 0 Å². The van der Waals surface area contributed by atoms with Gasteiger partial charge in [0.05, 0.1) is 17.8 Å². The van der Waals surface area contributed by atoms with Crippen molar-refractivity contribution < 1.29 is 14.3 Å². The summed E-state index contributed by atoms with van der Waals surface area (Å²) in [6.45, 7) is 5.78. The summed E-state index contributed by atoms with van der Waals surface area (Å²) in [5.74, 6) is 0.0353. The Balaban J connectivity index is 1.60. The highest BCUT2D eigenvalue weighted by molar-refractivity contribution is 6.05. The summed E-state index contributed by atoms with van der Waals surface area (Å²) in [5.41, 5.74) is 9.34. The van der Waals surface area contributed by atoms with Crippen molar-refractivity contribution in [2.45, 2.75) is 32.6 Å². The number of primary amides is 1. The van der Waals surface area contributed by atoms with E-state index in [0.29, 0.717) is 31.1 Å². The Labute approximate surface area is 181 Å². The number of fused-ring (bicyclic) bond motifs is 1. The molecule has 31 heavy (non-hydrogen) atoms. The normalized spacial score (nSPS) is 14.9. The third-order valence-electron chi connectivity index (χ3n) is 5.74. The minimum Gasteiger partial charge on any atom is -0.449 e. The largest absolute Gasteiger partial charge is 0.449 e. The highest BCUT2D eigenvalue weighted by Gasteiger charge is 2.27. The van der Waals surface area contributed by atoms with E-state index in [0.717, 1.165) is 35.0 Å². The first-order valence-corrected chi connectivity index (χ1v) is 10.7. The van der Waals surface area contributed by atoms with E-state index in [1.165, 1.54) is 0 Å². The number of H-pyrrole nitrogens is 1. The van der Waals surface area contributed by atoms with Gasteiger partial charge >= 0.3 is 6.09 Å². The van der Waals surface area contributed by atoms with Gasteiger partial charge in [0.25, 0.3) is 5.91 Å². The minimum atomic E-state index is -0.557. The van der Waals surface area contributed by atoms with Gasteiger partial charge in [-0.3, -0.25) is 4.79 Å². The maximum Gasteiger partial charge on any atom is 0.409 e. The molecule has 1 aliphatic rings. The topological polar surface area (TPSA) is 101 Å². The SMILES string of the molecule is CC(C)COC(=O)N1CCC(c2c[nH]c3c(C(N)=O)nc(-c4ccccc4)cc23)CC1. The number of nitrogens with zero attached hydrogens (tertiary/aromatic N) is 2. The number of piperidine rings is 1. The molecular formula is C24H28N4O3. The fourth-order valence-electron chi connectivity index (χ4n) is 4.12. The van der Waals surface area contributed by atoms with E-state index in [-0.39, 0.29) is 17.7 Å². The van der Waals surface area contributed by atoms with Crippen molar-refractivity contribution in [2.24, 2.45) is 11.7 Å². The highest BCUT2D eigenvalue weighted by atomic mass is 16.6. The first kappa shape index (κ1) is 20.9. The van der Waals surface area contributed by atoms with E-state index in [4.69, 9.17) is 10.5 Å². The molecule has 7 heteroatoms. The Morgan fingerprint density at radius 1 is 1.23 bits per heavy atom. The molecule has 4 rings (SSSR count). The van der Waals surface area contributed by atoms with Crippen LogP contribution in [0.25, 0.3) is 22.2 Å². The maximum atomic E-state index is 12.3.